The van der Waals surface area contributed by atoms with Crippen LogP contribution in [0.4, 0.5) is 0 Å². The molecule has 12 atom stereocenters. The van der Waals surface area contributed by atoms with Gasteiger partial charge >= 0.3 is 5.97 Å². The van der Waals surface area contributed by atoms with Gasteiger partial charge in [0.25, 0.3) is 0 Å². The van der Waals surface area contributed by atoms with Crippen LogP contribution in [0.5, 0.6) is 0 Å². The molecule has 4 aliphatic carbocycles. The van der Waals surface area contributed by atoms with Crippen LogP contribution < -0.4 is 0 Å². The second-order valence-corrected chi connectivity index (χ2v) is 11.8. The molecule has 0 aromatic heterocycles. The number of hydrogen-bond donors (Lipinski definition) is 4. The molecule has 5 rings (SSSR count). The lowest BCUT2D eigenvalue weighted by atomic mass is 9.45. The second-order valence-electron chi connectivity index (χ2n) is 11.8. The summed E-state index contributed by atoms with van der Waals surface area (Å²) in [5.41, 5.74) is 0.0757. The Morgan fingerprint density at radius 3 is 2.45 bits per heavy atom. The molecule has 0 amide bonds. The van der Waals surface area contributed by atoms with Crippen molar-refractivity contribution in [1.82, 2.24) is 0 Å². The molecule has 4 saturated carbocycles. The number of carboxylic acids is 1. The fraction of sp³-hybridized carbons (Fsp3) is 0.920. The number of carbonyl (C=O) groups is 2. The van der Waals surface area contributed by atoms with E-state index in [1.54, 1.807) is 0 Å². The Labute approximate surface area is 194 Å². The number of ketones is 1. The molecule has 0 bridgehead atoms. The summed E-state index contributed by atoms with van der Waals surface area (Å²) >= 11 is 0. The fourth-order valence-corrected chi connectivity index (χ4v) is 8.47. The molecule has 8 nitrogen and oxygen atoms in total. The van der Waals surface area contributed by atoms with Crippen molar-refractivity contribution in [1.29, 1.82) is 0 Å². The van der Waals surface area contributed by atoms with Gasteiger partial charge in [-0.05, 0) is 80.5 Å². The molecule has 1 heterocycles. The predicted octanol–water partition coefficient (Wildman–Crippen LogP) is 1.88. The van der Waals surface area contributed by atoms with E-state index in [1.165, 1.54) is 0 Å². The highest BCUT2D eigenvalue weighted by atomic mass is 16.7. The van der Waals surface area contributed by atoms with E-state index in [-0.39, 0.29) is 16.9 Å². The van der Waals surface area contributed by atoms with E-state index in [9.17, 15) is 30.0 Å². The van der Waals surface area contributed by atoms with E-state index >= 15 is 0 Å². The lowest BCUT2D eigenvalue weighted by Crippen LogP contribution is -2.61. The van der Waals surface area contributed by atoms with Crippen LogP contribution in [0.25, 0.3) is 0 Å². The van der Waals surface area contributed by atoms with Gasteiger partial charge in [-0.15, -0.1) is 0 Å². The Hall–Kier alpha value is -1.06. The Kier molecular flexibility index (Phi) is 5.93. The smallest absolute Gasteiger partial charge is 0.335 e. The Morgan fingerprint density at radius 1 is 0.970 bits per heavy atom. The summed E-state index contributed by atoms with van der Waals surface area (Å²) in [5, 5.41) is 39.6. The maximum atomic E-state index is 12.6. The van der Waals surface area contributed by atoms with Gasteiger partial charge < -0.3 is 29.9 Å². The highest BCUT2D eigenvalue weighted by Crippen LogP contribution is 2.65. The standard InChI is InChI=1S/C25H38O8/c1-24-9-7-13(32-23-20(29)18(27)19(28)21(33-23)22(30)31)11-12(24)3-4-14-15-5-6-17(26)25(15,2)10-8-16(14)24/h12-16,18-21,23,27-29H,3-11H2,1-2H3,(H,30,31)/t12-,13-,14+,15+,16+,18+,19+,20-,21+,23-,24-,25-/m0/s1. The zero-order chi connectivity index (χ0) is 23.7. The quantitative estimate of drug-likeness (QED) is 0.463. The summed E-state index contributed by atoms with van der Waals surface area (Å²) in [5.74, 6) is 1.28. The maximum Gasteiger partial charge on any atom is 0.335 e. The summed E-state index contributed by atoms with van der Waals surface area (Å²) in [6.45, 7) is 4.62. The summed E-state index contributed by atoms with van der Waals surface area (Å²) in [4.78, 5) is 24.0. The monoisotopic (exact) mass is 466 g/mol. The zero-order valence-corrected chi connectivity index (χ0v) is 19.6. The molecule has 5 aliphatic rings. The number of rotatable bonds is 3. The van der Waals surface area contributed by atoms with Gasteiger partial charge in [-0.25, -0.2) is 4.79 Å². The Balaban J connectivity index is 1.26. The largest absolute Gasteiger partial charge is 0.479 e. The van der Waals surface area contributed by atoms with E-state index < -0.39 is 36.7 Å². The van der Waals surface area contributed by atoms with Crippen LogP contribution in [0.3, 0.4) is 0 Å². The molecule has 0 radical (unpaired) electrons. The second kappa shape index (κ2) is 8.26. The van der Waals surface area contributed by atoms with Crippen molar-refractivity contribution >= 4 is 11.8 Å². The van der Waals surface area contributed by atoms with Crippen LogP contribution in [-0.2, 0) is 19.1 Å². The van der Waals surface area contributed by atoms with Gasteiger partial charge in [0.15, 0.2) is 12.4 Å². The molecular formula is C25H38O8. The molecule has 8 heteroatoms. The average Bonchev–Trinajstić information content (AvgIpc) is 3.08. The van der Waals surface area contributed by atoms with Crippen LogP contribution in [0.2, 0.25) is 0 Å². The summed E-state index contributed by atoms with van der Waals surface area (Å²) in [6, 6.07) is 0. The number of hydrogen-bond acceptors (Lipinski definition) is 7. The molecule has 5 fully saturated rings. The van der Waals surface area contributed by atoms with Crippen LogP contribution in [0, 0.1) is 34.5 Å². The minimum atomic E-state index is -1.71. The van der Waals surface area contributed by atoms with E-state index in [0.29, 0.717) is 29.5 Å². The highest BCUT2D eigenvalue weighted by Gasteiger charge is 2.60. The summed E-state index contributed by atoms with van der Waals surface area (Å²) in [7, 11) is 0. The van der Waals surface area contributed by atoms with Crippen LogP contribution >= 0.6 is 0 Å². The number of ether oxygens (including phenoxy) is 2. The number of carbonyl (C=O) groups excluding carboxylic acids is 1. The molecule has 186 valence electrons. The van der Waals surface area contributed by atoms with Gasteiger partial charge in [0.05, 0.1) is 6.10 Å². The third-order valence-corrected chi connectivity index (χ3v) is 10.5. The van der Waals surface area contributed by atoms with Crippen molar-refractivity contribution in [3.05, 3.63) is 0 Å². The molecular weight excluding hydrogens is 428 g/mol. The lowest BCUT2D eigenvalue weighted by molar-refractivity contribution is -0.309. The minimum absolute atomic E-state index is 0.120. The number of carboxylic acid groups (broad SMARTS) is 1. The van der Waals surface area contributed by atoms with Crippen LogP contribution in [-0.4, -0.2) is 69.0 Å². The van der Waals surface area contributed by atoms with Crippen LogP contribution in [0.1, 0.15) is 71.6 Å². The number of aliphatic hydroxyl groups is 3. The van der Waals surface area contributed by atoms with E-state index in [0.717, 1.165) is 57.8 Å². The molecule has 1 aliphatic heterocycles. The van der Waals surface area contributed by atoms with Crippen molar-refractivity contribution in [2.75, 3.05) is 0 Å². The first kappa shape index (κ1) is 23.7. The third-order valence-electron chi connectivity index (χ3n) is 10.5. The molecule has 0 unspecified atom stereocenters. The molecule has 0 aromatic rings. The normalized spacial score (nSPS) is 54.3. The third kappa shape index (κ3) is 3.59. The number of aliphatic carboxylic acids is 1. The first-order valence-corrected chi connectivity index (χ1v) is 12.7. The molecule has 1 saturated heterocycles. The van der Waals surface area contributed by atoms with Gasteiger partial charge in [-0.2, -0.15) is 0 Å². The van der Waals surface area contributed by atoms with Gasteiger partial charge in [0.2, 0.25) is 0 Å². The fourth-order valence-electron chi connectivity index (χ4n) is 8.47. The van der Waals surface area contributed by atoms with E-state index in [2.05, 4.69) is 13.8 Å². The van der Waals surface area contributed by atoms with E-state index in [4.69, 9.17) is 9.47 Å². The Morgan fingerprint density at radius 2 is 1.73 bits per heavy atom. The predicted molar refractivity (Wildman–Crippen MR) is 116 cm³/mol. The number of Topliss-reactive ketones (excluding diaryl/α,β-unsaturated/α-hetero) is 1. The average molecular weight is 467 g/mol. The van der Waals surface area contributed by atoms with Gasteiger partial charge in [-0.3, -0.25) is 4.79 Å². The lowest BCUT2D eigenvalue weighted by Gasteiger charge is -2.60. The number of fused-ring (bicyclic) bond motifs is 5. The van der Waals surface area contributed by atoms with Gasteiger partial charge in [0.1, 0.15) is 24.1 Å². The molecule has 0 spiro atoms. The van der Waals surface area contributed by atoms with Crippen molar-refractivity contribution in [3.63, 3.8) is 0 Å². The molecule has 0 aromatic carbocycles. The van der Waals surface area contributed by atoms with Gasteiger partial charge in [0, 0.05) is 11.8 Å². The molecule has 33 heavy (non-hydrogen) atoms. The maximum absolute atomic E-state index is 12.6. The van der Waals surface area contributed by atoms with Crippen molar-refractivity contribution in [2.45, 2.75) is 108 Å². The first-order chi connectivity index (χ1) is 15.6. The number of aliphatic hydroxyl groups excluding tert-OH is 3. The SMILES string of the molecule is C[C@]12CC[C@H](O[C@H]3O[C@@H](C(=O)O)[C@H](O)[C@@H](O)[C@@H]3O)C[C@@H]1CC[C@H]1[C@H]2CC[C@]2(C)C(=O)CC[C@H]12. The highest BCUT2D eigenvalue weighted by molar-refractivity contribution is 5.87. The van der Waals surface area contributed by atoms with Crippen molar-refractivity contribution in [3.8, 4) is 0 Å². The van der Waals surface area contributed by atoms with Crippen molar-refractivity contribution in [2.24, 2.45) is 34.5 Å². The summed E-state index contributed by atoms with van der Waals surface area (Å²) in [6.07, 6.45) is 0.719. The van der Waals surface area contributed by atoms with Crippen molar-refractivity contribution < 1.29 is 39.5 Å². The topological polar surface area (TPSA) is 134 Å². The van der Waals surface area contributed by atoms with Crippen LogP contribution in [0.15, 0.2) is 0 Å². The molecule has 4 N–H and O–H groups in total. The minimum Gasteiger partial charge on any atom is -0.479 e. The zero-order valence-electron chi connectivity index (χ0n) is 19.6. The van der Waals surface area contributed by atoms with Gasteiger partial charge in [-0.1, -0.05) is 13.8 Å². The Bertz CT molecular complexity index is 801. The first-order valence-electron chi connectivity index (χ1n) is 12.7. The summed E-state index contributed by atoms with van der Waals surface area (Å²) < 4.78 is 11.4. The van der Waals surface area contributed by atoms with E-state index in [1.807, 2.05) is 0 Å².